The molecule has 0 aliphatic rings. The molecule has 6 nitrogen and oxygen atoms in total. The SMILES string of the molecule is COc1ccc(OC)c(Nc2ccc(C(=O)NC(C)c3ccccc3)cn2)c1. The highest BCUT2D eigenvalue weighted by Gasteiger charge is 2.12. The molecule has 0 aliphatic carbocycles. The average molecular weight is 377 g/mol. The van der Waals surface area contributed by atoms with E-state index in [-0.39, 0.29) is 11.9 Å². The smallest absolute Gasteiger partial charge is 0.253 e. The van der Waals surface area contributed by atoms with Crippen molar-refractivity contribution in [2.75, 3.05) is 19.5 Å². The van der Waals surface area contributed by atoms with Crippen LogP contribution in [0.2, 0.25) is 0 Å². The quantitative estimate of drug-likeness (QED) is 0.641. The van der Waals surface area contributed by atoms with Crippen LogP contribution in [0.5, 0.6) is 11.5 Å². The van der Waals surface area contributed by atoms with Gasteiger partial charge in [-0.15, -0.1) is 0 Å². The molecular formula is C22H23N3O3. The molecule has 0 radical (unpaired) electrons. The maximum Gasteiger partial charge on any atom is 0.253 e. The van der Waals surface area contributed by atoms with E-state index in [1.165, 1.54) is 0 Å². The molecule has 0 saturated carbocycles. The number of hydrogen-bond acceptors (Lipinski definition) is 5. The highest BCUT2D eigenvalue weighted by molar-refractivity contribution is 5.94. The Hall–Kier alpha value is -3.54. The molecule has 1 unspecified atom stereocenters. The second-order valence-electron chi connectivity index (χ2n) is 6.23. The first-order chi connectivity index (χ1) is 13.6. The van der Waals surface area contributed by atoms with Crippen LogP contribution in [0.4, 0.5) is 11.5 Å². The van der Waals surface area contributed by atoms with Crippen LogP contribution in [-0.2, 0) is 0 Å². The Kier molecular flexibility index (Phi) is 6.11. The van der Waals surface area contributed by atoms with Crippen LogP contribution in [0.15, 0.2) is 66.9 Å². The summed E-state index contributed by atoms with van der Waals surface area (Å²) >= 11 is 0. The summed E-state index contributed by atoms with van der Waals surface area (Å²) in [6.07, 6.45) is 1.54. The fourth-order valence-electron chi connectivity index (χ4n) is 2.76. The molecule has 0 aliphatic heterocycles. The molecule has 0 fully saturated rings. The Morgan fingerprint density at radius 2 is 1.79 bits per heavy atom. The van der Waals surface area contributed by atoms with Crippen molar-refractivity contribution >= 4 is 17.4 Å². The van der Waals surface area contributed by atoms with Crippen molar-refractivity contribution < 1.29 is 14.3 Å². The highest BCUT2D eigenvalue weighted by Crippen LogP contribution is 2.31. The van der Waals surface area contributed by atoms with Crippen molar-refractivity contribution in [1.29, 1.82) is 0 Å². The van der Waals surface area contributed by atoms with Crippen molar-refractivity contribution in [2.24, 2.45) is 0 Å². The predicted octanol–water partition coefficient (Wildman–Crippen LogP) is 4.33. The van der Waals surface area contributed by atoms with Crippen molar-refractivity contribution in [1.82, 2.24) is 10.3 Å². The van der Waals surface area contributed by atoms with E-state index in [9.17, 15) is 4.79 Å². The number of amides is 1. The van der Waals surface area contributed by atoms with Gasteiger partial charge in [0.2, 0.25) is 0 Å². The van der Waals surface area contributed by atoms with Gasteiger partial charge in [0.15, 0.2) is 0 Å². The Morgan fingerprint density at radius 1 is 1.00 bits per heavy atom. The Labute approximate surface area is 164 Å². The summed E-state index contributed by atoms with van der Waals surface area (Å²) in [6.45, 7) is 1.95. The van der Waals surface area contributed by atoms with E-state index < -0.39 is 0 Å². The third-order valence-electron chi connectivity index (χ3n) is 4.34. The Morgan fingerprint density at radius 3 is 2.43 bits per heavy atom. The average Bonchev–Trinajstić information content (AvgIpc) is 2.74. The molecule has 1 heterocycles. The first-order valence-electron chi connectivity index (χ1n) is 8.91. The van der Waals surface area contributed by atoms with Gasteiger partial charge in [0.05, 0.1) is 31.5 Å². The Balaban J connectivity index is 1.69. The standard InChI is InChI=1S/C22H23N3O3/c1-15(16-7-5-4-6-8-16)24-22(26)17-9-12-21(23-14-17)25-19-13-18(27-2)10-11-20(19)28-3/h4-15H,1-3H3,(H,23,25)(H,24,26). The van der Waals surface area contributed by atoms with E-state index in [1.54, 1.807) is 32.5 Å². The molecule has 0 bridgehead atoms. The van der Waals surface area contributed by atoms with Gasteiger partial charge in [-0.25, -0.2) is 4.98 Å². The number of hydrogen-bond donors (Lipinski definition) is 2. The van der Waals surface area contributed by atoms with Crippen molar-refractivity contribution in [3.05, 3.63) is 78.0 Å². The maximum atomic E-state index is 12.5. The third kappa shape index (κ3) is 4.59. The lowest BCUT2D eigenvalue weighted by Gasteiger charge is -2.15. The first-order valence-corrected chi connectivity index (χ1v) is 8.91. The molecule has 2 aromatic carbocycles. The summed E-state index contributed by atoms with van der Waals surface area (Å²) in [7, 11) is 3.20. The number of pyridine rings is 1. The minimum Gasteiger partial charge on any atom is -0.497 e. The lowest BCUT2D eigenvalue weighted by atomic mass is 10.1. The highest BCUT2D eigenvalue weighted by atomic mass is 16.5. The number of nitrogens with zero attached hydrogens (tertiary/aromatic N) is 1. The van der Waals surface area contributed by atoms with Crippen molar-refractivity contribution in [3.8, 4) is 11.5 Å². The van der Waals surface area contributed by atoms with Gasteiger partial charge >= 0.3 is 0 Å². The number of anilines is 2. The van der Waals surface area contributed by atoms with Crippen LogP contribution in [-0.4, -0.2) is 25.1 Å². The Bertz CT molecular complexity index is 928. The lowest BCUT2D eigenvalue weighted by molar-refractivity contribution is 0.0939. The molecular weight excluding hydrogens is 354 g/mol. The first kappa shape index (κ1) is 19.2. The second kappa shape index (κ2) is 8.90. The molecule has 1 aromatic heterocycles. The van der Waals surface area contributed by atoms with Crippen LogP contribution in [0, 0.1) is 0 Å². The van der Waals surface area contributed by atoms with E-state index in [1.807, 2.05) is 55.5 Å². The number of nitrogens with one attached hydrogen (secondary N) is 2. The molecule has 1 atom stereocenters. The van der Waals surface area contributed by atoms with E-state index in [0.29, 0.717) is 22.9 Å². The molecule has 1 amide bonds. The lowest BCUT2D eigenvalue weighted by Crippen LogP contribution is -2.26. The number of ether oxygens (including phenoxy) is 2. The van der Waals surface area contributed by atoms with Gasteiger partial charge in [0.25, 0.3) is 5.91 Å². The minimum absolute atomic E-state index is 0.0902. The zero-order valence-corrected chi connectivity index (χ0v) is 16.1. The third-order valence-corrected chi connectivity index (χ3v) is 4.34. The number of carbonyl (C=O) groups is 1. The molecule has 2 N–H and O–H groups in total. The van der Waals surface area contributed by atoms with Gasteiger partial charge in [0, 0.05) is 12.3 Å². The normalized spacial score (nSPS) is 11.4. The second-order valence-corrected chi connectivity index (χ2v) is 6.23. The number of benzene rings is 2. The largest absolute Gasteiger partial charge is 0.497 e. The number of aromatic nitrogens is 1. The van der Waals surface area contributed by atoms with E-state index in [4.69, 9.17) is 9.47 Å². The maximum absolute atomic E-state index is 12.5. The molecule has 3 aromatic rings. The van der Waals surface area contributed by atoms with Crippen LogP contribution >= 0.6 is 0 Å². The number of methoxy groups -OCH3 is 2. The zero-order chi connectivity index (χ0) is 19.9. The van der Waals surface area contributed by atoms with Crippen molar-refractivity contribution in [3.63, 3.8) is 0 Å². The van der Waals surface area contributed by atoms with E-state index in [2.05, 4.69) is 15.6 Å². The van der Waals surface area contributed by atoms with Crippen LogP contribution in [0.25, 0.3) is 0 Å². The molecule has 0 saturated heterocycles. The van der Waals surface area contributed by atoms with Gasteiger partial charge in [0.1, 0.15) is 17.3 Å². The molecule has 144 valence electrons. The predicted molar refractivity (Wildman–Crippen MR) is 109 cm³/mol. The van der Waals surface area contributed by atoms with E-state index >= 15 is 0 Å². The van der Waals surface area contributed by atoms with Gasteiger partial charge < -0.3 is 20.1 Å². The fraction of sp³-hybridized carbons (Fsp3) is 0.182. The summed E-state index contributed by atoms with van der Waals surface area (Å²) in [5.41, 5.74) is 2.27. The van der Waals surface area contributed by atoms with Crippen LogP contribution < -0.4 is 20.1 Å². The summed E-state index contributed by atoms with van der Waals surface area (Å²) in [4.78, 5) is 16.8. The summed E-state index contributed by atoms with van der Waals surface area (Å²) < 4.78 is 10.6. The fourth-order valence-corrected chi connectivity index (χ4v) is 2.76. The summed E-state index contributed by atoms with van der Waals surface area (Å²) in [5.74, 6) is 1.80. The monoisotopic (exact) mass is 377 g/mol. The van der Waals surface area contributed by atoms with Crippen LogP contribution in [0.3, 0.4) is 0 Å². The number of rotatable bonds is 7. The van der Waals surface area contributed by atoms with E-state index in [0.717, 1.165) is 11.3 Å². The molecule has 3 rings (SSSR count). The van der Waals surface area contributed by atoms with Crippen molar-refractivity contribution in [2.45, 2.75) is 13.0 Å². The van der Waals surface area contributed by atoms with Gasteiger partial charge in [-0.1, -0.05) is 30.3 Å². The zero-order valence-electron chi connectivity index (χ0n) is 16.1. The summed E-state index contributed by atoms with van der Waals surface area (Å²) in [6, 6.07) is 18.7. The van der Waals surface area contributed by atoms with Gasteiger partial charge in [-0.3, -0.25) is 4.79 Å². The summed E-state index contributed by atoms with van der Waals surface area (Å²) in [5, 5.41) is 6.16. The van der Waals surface area contributed by atoms with Crippen LogP contribution in [0.1, 0.15) is 28.9 Å². The van der Waals surface area contributed by atoms with Gasteiger partial charge in [-0.05, 0) is 36.8 Å². The minimum atomic E-state index is -0.172. The molecule has 28 heavy (non-hydrogen) atoms. The molecule has 0 spiro atoms. The molecule has 6 heteroatoms. The van der Waals surface area contributed by atoms with Gasteiger partial charge in [-0.2, -0.15) is 0 Å². The number of carbonyl (C=O) groups excluding carboxylic acids is 1. The topological polar surface area (TPSA) is 72.5 Å².